The monoisotopic (exact) mass is 467 g/mol. The lowest BCUT2D eigenvalue weighted by Gasteiger charge is -2.48. The molecule has 5 nitrogen and oxygen atoms in total. The number of amides is 1. The van der Waals surface area contributed by atoms with Crippen molar-refractivity contribution in [3.8, 4) is 0 Å². The number of benzene rings is 1. The quantitative estimate of drug-likeness (QED) is 0.436. The normalized spacial score (nSPS) is 24.3. The van der Waals surface area contributed by atoms with Crippen molar-refractivity contribution in [2.45, 2.75) is 63.7 Å². The number of halogens is 6. The molecule has 2 saturated heterocycles. The Labute approximate surface area is 180 Å². The van der Waals surface area contributed by atoms with Gasteiger partial charge in [-0.1, -0.05) is 6.07 Å². The molecule has 3 rings (SSSR count). The standard InChI is InChI=1S/C21H23F6NO4/c1-19(2,3)32-18(30)28-12-7-11(8-13(28)10-31-9-12)17(29)16-14(20(22,23)24)5-4-6-15(16)21(25,26)27/h4-6,11-13H,7-10H2,1-3H3. The van der Waals surface area contributed by atoms with Crippen molar-refractivity contribution in [2.24, 2.45) is 5.92 Å². The lowest BCUT2D eigenvalue weighted by atomic mass is 9.79. The van der Waals surface area contributed by atoms with E-state index in [0.29, 0.717) is 18.2 Å². The second-order valence-corrected chi connectivity index (χ2v) is 8.99. The topological polar surface area (TPSA) is 55.8 Å². The molecule has 0 N–H and O–H groups in total. The molecule has 1 aromatic rings. The number of Topliss-reactive ketones (excluding diaryl/α,β-unsaturated/α-hetero) is 1. The van der Waals surface area contributed by atoms with Gasteiger partial charge in [0.2, 0.25) is 0 Å². The summed E-state index contributed by atoms with van der Waals surface area (Å²) < 4.78 is 91.7. The molecule has 2 atom stereocenters. The molecule has 0 radical (unpaired) electrons. The van der Waals surface area contributed by atoms with Gasteiger partial charge in [0.1, 0.15) is 5.60 Å². The maximum absolute atomic E-state index is 13.5. The van der Waals surface area contributed by atoms with Gasteiger partial charge in [0.25, 0.3) is 0 Å². The van der Waals surface area contributed by atoms with Crippen molar-refractivity contribution < 1.29 is 45.4 Å². The molecule has 178 valence electrons. The number of carbonyl (C=O) groups is 2. The summed E-state index contributed by atoms with van der Waals surface area (Å²) in [5.41, 5.74) is -5.41. The highest BCUT2D eigenvalue weighted by atomic mass is 19.4. The smallest absolute Gasteiger partial charge is 0.417 e. The Morgan fingerprint density at radius 2 is 1.41 bits per heavy atom. The highest BCUT2D eigenvalue weighted by Crippen LogP contribution is 2.42. The summed E-state index contributed by atoms with van der Waals surface area (Å²) in [4.78, 5) is 27.1. The van der Waals surface area contributed by atoms with Crippen LogP contribution in [-0.4, -0.2) is 47.7 Å². The number of hydrogen-bond donors (Lipinski definition) is 0. The van der Waals surface area contributed by atoms with E-state index < -0.39 is 64.5 Å². The fourth-order valence-electron chi connectivity index (χ4n) is 4.24. The van der Waals surface area contributed by atoms with Gasteiger partial charge < -0.3 is 9.47 Å². The Morgan fingerprint density at radius 1 is 0.938 bits per heavy atom. The first-order chi connectivity index (χ1) is 14.6. The molecular weight excluding hydrogens is 444 g/mol. The van der Waals surface area contributed by atoms with Gasteiger partial charge in [-0.3, -0.25) is 9.69 Å². The predicted molar refractivity (Wildman–Crippen MR) is 100.0 cm³/mol. The molecule has 2 aliphatic rings. The summed E-state index contributed by atoms with van der Waals surface area (Å²) in [7, 11) is 0. The third-order valence-corrected chi connectivity index (χ3v) is 5.42. The van der Waals surface area contributed by atoms with Crippen LogP contribution in [0.3, 0.4) is 0 Å². The largest absolute Gasteiger partial charge is 0.444 e. The first kappa shape index (κ1) is 24.3. The first-order valence-corrected chi connectivity index (χ1v) is 10.00. The summed E-state index contributed by atoms with van der Waals surface area (Å²) in [6, 6.07) is 0.193. The maximum atomic E-state index is 13.5. The zero-order chi connectivity index (χ0) is 24.1. The van der Waals surface area contributed by atoms with Crippen molar-refractivity contribution >= 4 is 11.9 Å². The highest BCUT2D eigenvalue weighted by molar-refractivity contribution is 6.01. The molecule has 2 aliphatic heterocycles. The van der Waals surface area contributed by atoms with E-state index in [-0.39, 0.29) is 26.1 Å². The molecular formula is C21H23F6NO4. The number of carbonyl (C=O) groups excluding carboxylic acids is 2. The molecule has 32 heavy (non-hydrogen) atoms. The summed E-state index contributed by atoms with van der Waals surface area (Å²) in [5.74, 6) is -2.36. The van der Waals surface area contributed by atoms with Gasteiger partial charge in [0.15, 0.2) is 5.78 Å². The number of hydrogen-bond acceptors (Lipinski definition) is 4. The zero-order valence-corrected chi connectivity index (χ0v) is 17.6. The second-order valence-electron chi connectivity index (χ2n) is 8.99. The summed E-state index contributed by atoms with van der Waals surface area (Å²) in [6.45, 7) is 5.01. The SMILES string of the molecule is CC(C)(C)OC(=O)N1C2COCC1CC(C(=O)c1c(C(F)(F)F)cccc1C(F)(F)F)C2. The minimum Gasteiger partial charge on any atom is -0.444 e. The van der Waals surface area contributed by atoms with E-state index in [1.54, 1.807) is 20.8 Å². The van der Waals surface area contributed by atoms with Crippen molar-refractivity contribution in [1.82, 2.24) is 4.90 Å². The van der Waals surface area contributed by atoms with Crippen LogP contribution in [0.2, 0.25) is 0 Å². The number of ether oxygens (including phenoxy) is 2. The molecule has 2 heterocycles. The van der Waals surface area contributed by atoms with Crippen molar-refractivity contribution in [3.05, 3.63) is 34.9 Å². The van der Waals surface area contributed by atoms with Gasteiger partial charge >= 0.3 is 18.4 Å². The average Bonchev–Trinajstić information content (AvgIpc) is 2.63. The third-order valence-electron chi connectivity index (χ3n) is 5.42. The Kier molecular flexibility index (Phi) is 6.27. The number of alkyl halides is 6. The van der Waals surface area contributed by atoms with Crippen LogP contribution < -0.4 is 0 Å². The Balaban J connectivity index is 1.95. The summed E-state index contributed by atoms with van der Waals surface area (Å²) >= 11 is 0. The molecule has 2 unspecified atom stereocenters. The Morgan fingerprint density at radius 3 is 1.81 bits per heavy atom. The number of fused-ring (bicyclic) bond motifs is 2. The first-order valence-electron chi connectivity index (χ1n) is 10.00. The van der Waals surface area contributed by atoms with Gasteiger partial charge in [-0.2, -0.15) is 26.3 Å². The molecule has 11 heteroatoms. The van der Waals surface area contributed by atoms with E-state index in [4.69, 9.17) is 9.47 Å². The molecule has 2 bridgehead atoms. The number of rotatable bonds is 2. The molecule has 0 spiro atoms. The van der Waals surface area contributed by atoms with E-state index in [1.807, 2.05) is 0 Å². The van der Waals surface area contributed by atoms with Crippen molar-refractivity contribution in [3.63, 3.8) is 0 Å². The van der Waals surface area contributed by atoms with Crippen LogP contribution >= 0.6 is 0 Å². The minimum atomic E-state index is -5.14. The van der Waals surface area contributed by atoms with E-state index in [2.05, 4.69) is 0 Å². The van der Waals surface area contributed by atoms with Gasteiger partial charge in [0.05, 0.1) is 36.4 Å². The fourth-order valence-corrected chi connectivity index (χ4v) is 4.24. The molecule has 2 fully saturated rings. The Bertz CT molecular complexity index is 843. The van der Waals surface area contributed by atoms with E-state index >= 15 is 0 Å². The highest BCUT2D eigenvalue weighted by Gasteiger charge is 2.48. The van der Waals surface area contributed by atoms with E-state index in [0.717, 1.165) is 0 Å². The molecule has 1 aromatic carbocycles. The fraction of sp³-hybridized carbons (Fsp3) is 0.619. The number of morpholine rings is 1. The summed E-state index contributed by atoms with van der Waals surface area (Å²) in [6.07, 6.45) is -11.2. The van der Waals surface area contributed by atoms with Crippen LogP contribution in [0.5, 0.6) is 0 Å². The molecule has 1 amide bonds. The average molecular weight is 467 g/mol. The third kappa shape index (κ3) is 5.02. The van der Waals surface area contributed by atoms with Crippen LogP contribution in [-0.2, 0) is 21.8 Å². The van der Waals surface area contributed by atoms with Crippen molar-refractivity contribution in [2.75, 3.05) is 13.2 Å². The molecule has 0 aliphatic carbocycles. The van der Waals surface area contributed by atoms with Crippen molar-refractivity contribution in [1.29, 1.82) is 0 Å². The van der Waals surface area contributed by atoms with Gasteiger partial charge in [-0.15, -0.1) is 0 Å². The minimum absolute atomic E-state index is 0.00652. The number of ketones is 1. The van der Waals surface area contributed by atoms with E-state index in [9.17, 15) is 35.9 Å². The van der Waals surface area contributed by atoms with Crippen LogP contribution in [0, 0.1) is 5.92 Å². The van der Waals surface area contributed by atoms with Crippen LogP contribution in [0.1, 0.15) is 55.1 Å². The lowest BCUT2D eigenvalue weighted by Crippen LogP contribution is -2.60. The maximum Gasteiger partial charge on any atom is 0.417 e. The zero-order valence-electron chi connectivity index (χ0n) is 17.6. The molecule has 0 aromatic heterocycles. The van der Waals surface area contributed by atoms with Gasteiger partial charge in [0, 0.05) is 11.5 Å². The second kappa shape index (κ2) is 8.24. The van der Waals surface area contributed by atoms with Gasteiger partial charge in [-0.05, 0) is 45.7 Å². The molecule has 0 saturated carbocycles. The Hall–Kier alpha value is -2.30. The summed E-state index contributed by atoms with van der Waals surface area (Å²) in [5, 5.41) is 0. The predicted octanol–water partition coefficient (Wildman–Crippen LogP) is 5.32. The number of piperidine rings is 1. The number of nitrogens with zero attached hydrogens (tertiary/aromatic N) is 1. The van der Waals surface area contributed by atoms with Crippen LogP contribution in [0.15, 0.2) is 18.2 Å². The van der Waals surface area contributed by atoms with Gasteiger partial charge in [-0.25, -0.2) is 4.79 Å². The lowest BCUT2D eigenvalue weighted by molar-refractivity contribution is -0.143. The van der Waals surface area contributed by atoms with E-state index in [1.165, 1.54) is 4.90 Å². The van der Waals surface area contributed by atoms with Crippen LogP contribution in [0.4, 0.5) is 31.1 Å². The van der Waals surface area contributed by atoms with Crippen LogP contribution in [0.25, 0.3) is 0 Å².